The predicted molar refractivity (Wildman–Crippen MR) is 128 cm³/mol. The molecule has 0 saturated heterocycles. The molecule has 0 fully saturated rings. The van der Waals surface area contributed by atoms with Crippen molar-refractivity contribution in [3.05, 3.63) is 34.7 Å². The van der Waals surface area contributed by atoms with E-state index in [4.69, 9.17) is 24.4 Å². The second kappa shape index (κ2) is 10.2. The predicted octanol–water partition coefficient (Wildman–Crippen LogP) is 4.06. The van der Waals surface area contributed by atoms with Crippen LogP contribution >= 0.6 is 63.9 Å². The van der Waals surface area contributed by atoms with Crippen molar-refractivity contribution in [1.82, 2.24) is 19.2 Å². The van der Waals surface area contributed by atoms with Gasteiger partial charge in [-0.1, -0.05) is 48.0 Å². The van der Waals surface area contributed by atoms with E-state index in [0.29, 0.717) is 17.2 Å². The molecule has 0 amide bonds. The number of nitrogens with zero attached hydrogens (tertiary/aromatic N) is 4. The van der Waals surface area contributed by atoms with Crippen LogP contribution in [0, 0.1) is 5.92 Å². The summed E-state index contributed by atoms with van der Waals surface area (Å²) in [5.74, 6) is 1.01. The number of thioether (sulfide) groups is 2. The molecule has 0 N–H and O–H groups in total. The van der Waals surface area contributed by atoms with Crippen molar-refractivity contribution < 1.29 is 4.79 Å². The number of imidazole rings is 1. The number of aromatic nitrogens is 2. The van der Waals surface area contributed by atoms with Gasteiger partial charge in [0.2, 0.25) is 0 Å². The standard InChI is InChI=1S/C17H21BrN4OS4/c1-20(2)16(24)26-9-11(10-27-17(25)21(3)4)15(23)13-7-19-14-6-5-12(18)8-22(13)14/h5-8,11H,9-10H2,1-4H3. The van der Waals surface area contributed by atoms with Gasteiger partial charge in [-0.15, -0.1) is 0 Å². The first-order valence-corrected chi connectivity index (χ1v) is 11.6. The van der Waals surface area contributed by atoms with Crippen LogP contribution in [-0.4, -0.2) is 73.3 Å². The highest BCUT2D eigenvalue weighted by atomic mass is 79.9. The average molecular weight is 506 g/mol. The number of fused-ring (bicyclic) bond motifs is 1. The van der Waals surface area contributed by atoms with Gasteiger partial charge >= 0.3 is 0 Å². The number of carbonyl (C=O) groups is 1. The fraction of sp³-hybridized carbons (Fsp3) is 0.412. The molecule has 0 spiro atoms. The first-order valence-electron chi connectivity index (χ1n) is 8.05. The van der Waals surface area contributed by atoms with Crippen LogP contribution in [0.2, 0.25) is 0 Å². The van der Waals surface area contributed by atoms with Crippen molar-refractivity contribution in [2.45, 2.75) is 0 Å². The summed E-state index contributed by atoms with van der Waals surface area (Å²) in [6, 6.07) is 3.78. The molecule has 0 atom stereocenters. The Kier molecular flexibility index (Phi) is 8.54. The number of hydrogen-bond acceptors (Lipinski definition) is 6. The molecule has 2 heterocycles. The monoisotopic (exact) mass is 504 g/mol. The normalized spacial score (nSPS) is 11.0. The summed E-state index contributed by atoms with van der Waals surface area (Å²) >= 11 is 17.2. The summed E-state index contributed by atoms with van der Waals surface area (Å²) < 4.78 is 4.23. The molecule has 2 aromatic rings. The molecule has 5 nitrogen and oxygen atoms in total. The molecule has 10 heteroatoms. The van der Waals surface area contributed by atoms with Crippen molar-refractivity contribution >= 4 is 84.0 Å². The Morgan fingerprint density at radius 1 is 1.15 bits per heavy atom. The smallest absolute Gasteiger partial charge is 0.185 e. The molecule has 27 heavy (non-hydrogen) atoms. The molecule has 2 aromatic heterocycles. The van der Waals surface area contributed by atoms with Gasteiger partial charge in [0.25, 0.3) is 0 Å². The number of hydrogen-bond donors (Lipinski definition) is 0. The number of ketones is 1. The Balaban J connectivity index is 2.23. The van der Waals surface area contributed by atoms with Crippen LogP contribution in [-0.2, 0) is 0 Å². The minimum absolute atomic E-state index is 0.0451. The van der Waals surface area contributed by atoms with Gasteiger partial charge in [-0.05, 0) is 28.1 Å². The average Bonchev–Trinajstić information content (AvgIpc) is 3.03. The summed E-state index contributed by atoms with van der Waals surface area (Å²) in [6.07, 6.45) is 3.50. The van der Waals surface area contributed by atoms with Crippen molar-refractivity contribution in [2.75, 3.05) is 39.7 Å². The van der Waals surface area contributed by atoms with E-state index in [0.717, 1.165) is 18.8 Å². The molecule has 0 saturated carbocycles. The zero-order chi connectivity index (χ0) is 20.1. The number of pyridine rings is 1. The number of halogens is 1. The van der Waals surface area contributed by atoms with E-state index in [-0.39, 0.29) is 11.7 Å². The zero-order valence-electron chi connectivity index (χ0n) is 15.5. The number of thiocarbonyl (C=S) groups is 2. The van der Waals surface area contributed by atoms with Crippen LogP contribution in [0.5, 0.6) is 0 Å². The molecule has 0 aliphatic heterocycles. The third kappa shape index (κ3) is 6.15. The molecule has 146 valence electrons. The topological polar surface area (TPSA) is 40.8 Å². The first kappa shape index (κ1) is 22.6. The van der Waals surface area contributed by atoms with Crippen molar-refractivity contribution in [3.63, 3.8) is 0 Å². The molecule has 0 radical (unpaired) electrons. The third-order valence-electron chi connectivity index (χ3n) is 3.64. The van der Waals surface area contributed by atoms with Gasteiger partial charge in [0.15, 0.2) is 5.78 Å². The lowest BCUT2D eigenvalue weighted by Crippen LogP contribution is -2.26. The SMILES string of the molecule is CN(C)C(=S)SCC(CSC(=S)N(C)C)C(=O)c1cnc2ccc(Br)cn12. The van der Waals surface area contributed by atoms with Crippen LogP contribution in [0.1, 0.15) is 10.5 Å². The first-order chi connectivity index (χ1) is 12.7. The van der Waals surface area contributed by atoms with Gasteiger partial charge in [-0.3, -0.25) is 9.20 Å². The quantitative estimate of drug-likeness (QED) is 0.430. The molecule has 0 aliphatic rings. The van der Waals surface area contributed by atoms with Gasteiger partial charge in [0.05, 0.1) is 6.20 Å². The van der Waals surface area contributed by atoms with Gasteiger partial charge in [0, 0.05) is 56.3 Å². The fourth-order valence-corrected chi connectivity index (χ4v) is 4.78. The van der Waals surface area contributed by atoms with Crippen LogP contribution in [0.3, 0.4) is 0 Å². The number of Topliss-reactive ketones (excluding diaryl/α,β-unsaturated/α-hetero) is 1. The number of carbonyl (C=O) groups excluding carboxylic acids is 1. The van der Waals surface area contributed by atoms with Gasteiger partial charge in [-0.25, -0.2) is 4.98 Å². The molecule has 0 unspecified atom stereocenters. The Labute approximate surface area is 187 Å². The van der Waals surface area contributed by atoms with Crippen molar-refractivity contribution in [2.24, 2.45) is 5.92 Å². The van der Waals surface area contributed by atoms with E-state index in [1.807, 2.05) is 60.7 Å². The van der Waals surface area contributed by atoms with E-state index < -0.39 is 0 Å². The lowest BCUT2D eigenvalue weighted by Gasteiger charge is -2.19. The van der Waals surface area contributed by atoms with Crippen LogP contribution in [0.15, 0.2) is 29.0 Å². The fourth-order valence-electron chi connectivity index (χ4n) is 2.15. The second-order valence-electron chi connectivity index (χ2n) is 6.22. The Bertz CT molecular complexity index is 829. The second-order valence-corrected chi connectivity index (χ2v) is 10.4. The lowest BCUT2D eigenvalue weighted by atomic mass is 10.1. The van der Waals surface area contributed by atoms with E-state index in [9.17, 15) is 4.79 Å². The summed E-state index contributed by atoms with van der Waals surface area (Å²) in [6.45, 7) is 0. The highest BCUT2D eigenvalue weighted by Gasteiger charge is 2.25. The zero-order valence-corrected chi connectivity index (χ0v) is 20.4. The lowest BCUT2D eigenvalue weighted by molar-refractivity contribution is 0.0938. The molecule has 0 aromatic carbocycles. The molecular weight excluding hydrogens is 484 g/mol. The maximum absolute atomic E-state index is 13.3. The van der Waals surface area contributed by atoms with Crippen molar-refractivity contribution in [3.8, 4) is 0 Å². The Morgan fingerprint density at radius 2 is 1.70 bits per heavy atom. The van der Waals surface area contributed by atoms with Gasteiger partial charge < -0.3 is 9.80 Å². The number of rotatable bonds is 6. The minimum Gasteiger partial charge on any atom is -0.364 e. The third-order valence-corrected chi connectivity index (χ3v) is 7.91. The van der Waals surface area contributed by atoms with Gasteiger partial charge in [0.1, 0.15) is 20.0 Å². The molecule has 0 bridgehead atoms. The van der Waals surface area contributed by atoms with Crippen LogP contribution < -0.4 is 0 Å². The highest BCUT2D eigenvalue weighted by Crippen LogP contribution is 2.23. The molecular formula is C17H21BrN4OS4. The van der Waals surface area contributed by atoms with Gasteiger partial charge in [-0.2, -0.15) is 0 Å². The summed E-state index contributed by atoms with van der Waals surface area (Å²) in [5, 5.41) is 0. The summed E-state index contributed by atoms with van der Waals surface area (Å²) in [7, 11) is 7.63. The summed E-state index contributed by atoms with van der Waals surface area (Å²) in [5.41, 5.74) is 1.32. The maximum atomic E-state index is 13.3. The molecule has 0 aliphatic carbocycles. The van der Waals surface area contributed by atoms with Crippen LogP contribution in [0.25, 0.3) is 5.65 Å². The minimum atomic E-state index is -0.227. The van der Waals surface area contributed by atoms with E-state index in [1.54, 1.807) is 6.20 Å². The molecule has 2 rings (SSSR count). The summed E-state index contributed by atoms with van der Waals surface area (Å²) in [4.78, 5) is 21.4. The van der Waals surface area contributed by atoms with E-state index >= 15 is 0 Å². The Morgan fingerprint density at radius 3 is 2.22 bits per heavy atom. The van der Waals surface area contributed by atoms with E-state index in [1.165, 1.54) is 23.5 Å². The highest BCUT2D eigenvalue weighted by molar-refractivity contribution is 9.10. The van der Waals surface area contributed by atoms with Crippen molar-refractivity contribution in [1.29, 1.82) is 0 Å². The largest absolute Gasteiger partial charge is 0.364 e. The van der Waals surface area contributed by atoms with Crippen LogP contribution in [0.4, 0.5) is 0 Å². The van der Waals surface area contributed by atoms with E-state index in [2.05, 4.69) is 20.9 Å². The Hall–Kier alpha value is -0.680. The maximum Gasteiger partial charge on any atom is 0.185 e.